The fourth-order valence-electron chi connectivity index (χ4n) is 5.82. The van der Waals surface area contributed by atoms with Gasteiger partial charge >= 0.3 is 5.97 Å². The Hall–Kier alpha value is -1.99. The minimum Gasteiger partial charge on any atom is -0.490 e. The maximum atomic E-state index is 14.7. The van der Waals surface area contributed by atoms with Crippen molar-refractivity contribution in [1.29, 1.82) is 0 Å². The van der Waals surface area contributed by atoms with E-state index in [4.69, 9.17) is 9.84 Å². The number of rotatable bonds is 5. The summed E-state index contributed by atoms with van der Waals surface area (Å²) in [5.41, 5.74) is 2.00. The van der Waals surface area contributed by atoms with E-state index in [0.717, 1.165) is 61.1 Å². The Morgan fingerprint density at radius 3 is 2.93 bits per heavy atom. The Morgan fingerprint density at radius 1 is 1.27 bits per heavy atom. The number of thiazole rings is 1. The second kappa shape index (κ2) is 7.93. The number of halogens is 1. The third-order valence-corrected chi connectivity index (χ3v) is 8.34. The molecule has 0 saturated heterocycles. The van der Waals surface area contributed by atoms with Crippen LogP contribution < -0.4 is 4.74 Å². The first-order chi connectivity index (χ1) is 14.5. The lowest BCUT2D eigenvalue weighted by atomic mass is 9.73. The Kier molecular flexibility index (Phi) is 5.27. The van der Waals surface area contributed by atoms with Crippen LogP contribution in [0.2, 0.25) is 0 Å². The van der Waals surface area contributed by atoms with Crippen LogP contribution >= 0.6 is 11.3 Å². The summed E-state index contributed by atoms with van der Waals surface area (Å²) in [5, 5.41) is 22.3. The molecule has 160 valence electrons. The van der Waals surface area contributed by atoms with Gasteiger partial charge in [-0.3, -0.25) is 0 Å². The molecule has 0 spiro atoms. The number of hydrogen-bond acceptors (Lipinski definition) is 5. The van der Waals surface area contributed by atoms with Gasteiger partial charge in [-0.05, 0) is 74.0 Å². The van der Waals surface area contributed by atoms with E-state index in [1.54, 1.807) is 11.4 Å². The van der Waals surface area contributed by atoms with Crippen molar-refractivity contribution in [1.82, 2.24) is 4.98 Å². The van der Waals surface area contributed by atoms with Gasteiger partial charge in [-0.1, -0.05) is 6.07 Å². The monoisotopic (exact) mass is 431 g/mol. The zero-order valence-electron chi connectivity index (χ0n) is 16.7. The number of aromatic carboxylic acids is 1. The van der Waals surface area contributed by atoms with Gasteiger partial charge < -0.3 is 14.9 Å². The largest absolute Gasteiger partial charge is 0.490 e. The van der Waals surface area contributed by atoms with Gasteiger partial charge in [-0.2, -0.15) is 0 Å². The van der Waals surface area contributed by atoms with Crippen molar-refractivity contribution in [3.8, 4) is 5.75 Å². The second-order valence-electron chi connectivity index (χ2n) is 8.96. The van der Waals surface area contributed by atoms with Crippen LogP contribution in [0.25, 0.3) is 0 Å². The van der Waals surface area contributed by atoms with Gasteiger partial charge in [0, 0.05) is 17.2 Å². The first kappa shape index (κ1) is 19.9. The Bertz CT molecular complexity index is 961. The molecular formula is C23H26FNO4S. The summed E-state index contributed by atoms with van der Waals surface area (Å²) in [6.45, 7) is 0.336. The number of aliphatic hydroxyl groups is 1. The van der Waals surface area contributed by atoms with E-state index in [2.05, 4.69) is 4.98 Å². The number of ether oxygens (including phenoxy) is 1. The van der Waals surface area contributed by atoms with Crippen molar-refractivity contribution in [2.75, 3.05) is 6.61 Å². The Balaban J connectivity index is 1.24. The van der Waals surface area contributed by atoms with Gasteiger partial charge in [0.25, 0.3) is 0 Å². The van der Waals surface area contributed by atoms with E-state index in [0.29, 0.717) is 24.2 Å². The summed E-state index contributed by atoms with van der Waals surface area (Å²) >= 11 is 1.42. The minimum atomic E-state index is -0.988. The average Bonchev–Trinajstić information content (AvgIpc) is 3.45. The highest BCUT2D eigenvalue weighted by atomic mass is 32.1. The van der Waals surface area contributed by atoms with Gasteiger partial charge in [0.15, 0.2) is 17.3 Å². The second-order valence-corrected chi connectivity index (χ2v) is 9.85. The van der Waals surface area contributed by atoms with Crippen LogP contribution in [0.4, 0.5) is 4.39 Å². The predicted octanol–water partition coefficient (Wildman–Crippen LogP) is 4.43. The first-order valence-electron chi connectivity index (χ1n) is 10.8. The van der Waals surface area contributed by atoms with E-state index in [-0.39, 0.29) is 23.3 Å². The fraction of sp³-hybridized carbons (Fsp3) is 0.565. The maximum Gasteiger partial charge on any atom is 0.355 e. The van der Waals surface area contributed by atoms with Crippen LogP contribution in [0.5, 0.6) is 5.75 Å². The van der Waals surface area contributed by atoms with Crippen LogP contribution in [0, 0.1) is 23.6 Å². The Labute approximate surface area is 178 Å². The summed E-state index contributed by atoms with van der Waals surface area (Å²) in [5.74, 6) is 0.0834. The lowest BCUT2D eigenvalue weighted by Crippen LogP contribution is -2.29. The summed E-state index contributed by atoms with van der Waals surface area (Å²) < 4.78 is 20.6. The number of hydrogen-bond donors (Lipinski definition) is 2. The van der Waals surface area contributed by atoms with Crippen molar-refractivity contribution in [2.24, 2.45) is 17.8 Å². The SMILES string of the molecule is O=C(O)c1csc([C@H]2CC[C@H]3[C@@H](C2)C[C@H](O)[C@@H]3COc2ccc3c(c2F)CCC3)n1. The lowest BCUT2D eigenvalue weighted by Gasteiger charge is -2.33. The molecule has 3 aliphatic carbocycles. The lowest BCUT2D eigenvalue weighted by molar-refractivity contribution is 0.0688. The van der Waals surface area contributed by atoms with Crippen molar-refractivity contribution in [2.45, 2.75) is 57.0 Å². The van der Waals surface area contributed by atoms with E-state index < -0.39 is 12.1 Å². The molecule has 1 aromatic carbocycles. The molecular weight excluding hydrogens is 405 g/mol. The summed E-state index contributed by atoms with van der Waals surface area (Å²) in [4.78, 5) is 15.4. The van der Waals surface area contributed by atoms with E-state index >= 15 is 0 Å². The van der Waals surface area contributed by atoms with Crippen molar-refractivity contribution >= 4 is 17.3 Å². The van der Waals surface area contributed by atoms with Gasteiger partial charge in [0.1, 0.15) is 0 Å². The summed E-state index contributed by atoms with van der Waals surface area (Å²) in [7, 11) is 0. The molecule has 0 amide bonds. The number of benzene rings is 1. The standard InChI is InChI=1S/C23H26FNO4S/c24-21-16-3-1-2-12(16)5-7-20(21)29-10-17-15-6-4-13(8-14(15)9-19(17)26)22-25-18(11-30-22)23(27)28/h5,7,11,13-15,17,19,26H,1-4,6,8-10H2,(H,27,28)/t13-,14-,15-,17+,19-/m0/s1. The number of carboxylic acids is 1. The molecule has 2 fully saturated rings. The zero-order valence-corrected chi connectivity index (χ0v) is 17.5. The molecule has 3 aliphatic rings. The number of aryl methyl sites for hydroxylation is 1. The molecule has 0 bridgehead atoms. The molecule has 2 saturated carbocycles. The van der Waals surface area contributed by atoms with E-state index in [1.807, 2.05) is 6.07 Å². The fourth-order valence-corrected chi connectivity index (χ4v) is 6.77. The zero-order chi connectivity index (χ0) is 20.8. The number of aliphatic hydroxyl groups excluding tert-OH is 1. The highest BCUT2D eigenvalue weighted by molar-refractivity contribution is 7.09. The molecule has 5 rings (SSSR count). The van der Waals surface area contributed by atoms with E-state index in [9.17, 15) is 14.3 Å². The quantitative estimate of drug-likeness (QED) is 0.732. The smallest absolute Gasteiger partial charge is 0.355 e. The number of carbonyl (C=O) groups is 1. The van der Waals surface area contributed by atoms with Crippen molar-refractivity contribution in [3.63, 3.8) is 0 Å². The van der Waals surface area contributed by atoms with Gasteiger partial charge in [-0.15, -0.1) is 11.3 Å². The molecule has 0 unspecified atom stereocenters. The Morgan fingerprint density at radius 2 is 2.13 bits per heavy atom. The first-order valence-corrected chi connectivity index (χ1v) is 11.7. The highest BCUT2D eigenvalue weighted by Crippen LogP contribution is 2.50. The topological polar surface area (TPSA) is 79.7 Å². The molecule has 5 nitrogen and oxygen atoms in total. The van der Waals surface area contributed by atoms with Crippen LogP contribution in [0.15, 0.2) is 17.5 Å². The van der Waals surface area contributed by atoms with Crippen LogP contribution in [-0.2, 0) is 12.8 Å². The normalized spacial score (nSPS) is 30.1. The number of aromatic nitrogens is 1. The predicted molar refractivity (Wildman–Crippen MR) is 111 cm³/mol. The van der Waals surface area contributed by atoms with Crippen LogP contribution in [0.3, 0.4) is 0 Å². The molecule has 0 radical (unpaired) electrons. The average molecular weight is 432 g/mol. The summed E-state index contributed by atoms with van der Waals surface area (Å²) in [6, 6.07) is 3.71. The molecule has 0 aliphatic heterocycles. The number of fused-ring (bicyclic) bond motifs is 2. The minimum absolute atomic E-state index is 0.00878. The molecule has 1 heterocycles. The number of carboxylic acid groups (broad SMARTS) is 1. The third kappa shape index (κ3) is 3.52. The molecule has 2 N–H and O–H groups in total. The van der Waals surface area contributed by atoms with Crippen LogP contribution in [0.1, 0.15) is 64.6 Å². The molecule has 5 atom stereocenters. The van der Waals surface area contributed by atoms with Crippen molar-refractivity contribution in [3.05, 3.63) is 45.2 Å². The van der Waals surface area contributed by atoms with E-state index in [1.165, 1.54) is 11.3 Å². The maximum absolute atomic E-state index is 14.7. The number of nitrogens with zero attached hydrogens (tertiary/aromatic N) is 1. The third-order valence-electron chi connectivity index (χ3n) is 7.33. The molecule has 30 heavy (non-hydrogen) atoms. The molecule has 7 heteroatoms. The van der Waals surface area contributed by atoms with Crippen molar-refractivity contribution < 1.29 is 24.1 Å². The summed E-state index contributed by atoms with van der Waals surface area (Å²) in [6.07, 6.45) is 5.79. The van der Waals surface area contributed by atoms with Gasteiger partial charge in [0.2, 0.25) is 0 Å². The van der Waals surface area contributed by atoms with Gasteiger partial charge in [-0.25, -0.2) is 14.2 Å². The van der Waals surface area contributed by atoms with Gasteiger partial charge in [0.05, 0.1) is 17.7 Å². The molecule has 1 aromatic heterocycles. The highest BCUT2D eigenvalue weighted by Gasteiger charge is 2.46. The molecule has 2 aromatic rings. The van der Waals surface area contributed by atoms with Crippen LogP contribution in [-0.4, -0.2) is 33.9 Å².